The first-order valence-corrected chi connectivity index (χ1v) is 7.98. The third-order valence-corrected chi connectivity index (χ3v) is 3.94. The highest BCUT2D eigenvalue weighted by Gasteiger charge is 2.22. The summed E-state index contributed by atoms with van der Waals surface area (Å²) in [4.78, 5) is 24.1. The zero-order valence-electron chi connectivity index (χ0n) is 13.8. The van der Waals surface area contributed by atoms with Crippen molar-refractivity contribution in [1.29, 1.82) is 0 Å². The minimum Gasteiger partial charge on any atom is -0.370 e. The number of aromatic amines is 1. The first-order valence-electron chi connectivity index (χ1n) is 7.98. The van der Waals surface area contributed by atoms with Crippen molar-refractivity contribution in [1.82, 2.24) is 15.5 Å². The van der Waals surface area contributed by atoms with E-state index in [0.717, 1.165) is 5.56 Å². The highest BCUT2D eigenvalue weighted by atomic mass is 19.1. The van der Waals surface area contributed by atoms with Gasteiger partial charge in [-0.2, -0.15) is 5.10 Å². The van der Waals surface area contributed by atoms with Gasteiger partial charge in [0.15, 0.2) is 0 Å². The fourth-order valence-electron chi connectivity index (χ4n) is 2.70. The highest BCUT2D eigenvalue weighted by molar-refractivity contribution is 6.00. The number of halogens is 1. The van der Waals surface area contributed by atoms with E-state index in [9.17, 15) is 14.0 Å². The third kappa shape index (κ3) is 3.77. The zero-order chi connectivity index (χ0) is 18.5. The first kappa shape index (κ1) is 17.3. The van der Waals surface area contributed by atoms with Crippen molar-refractivity contribution in [2.45, 2.75) is 12.5 Å². The average molecular weight is 352 g/mol. The van der Waals surface area contributed by atoms with Crippen LogP contribution in [0.1, 0.15) is 28.4 Å². The fraction of sp³-hybridized carbons (Fsp3) is 0.105. The normalized spacial score (nSPS) is 11.7. The molecule has 0 saturated heterocycles. The van der Waals surface area contributed by atoms with Crippen molar-refractivity contribution in [3.8, 4) is 11.3 Å². The Hall–Kier alpha value is -3.48. The summed E-state index contributed by atoms with van der Waals surface area (Å²) < 4.78 is 14.1. The number of hydrogen-bond donors (Lipinski definition) is 3. The van der Waals surface area contributed by atoms with Crippen LogP contribution in [0.3, 0.4) is 0 Å². The highest BCUT2D eigenvalue weighted by Crippen LogP contribution is 2.25. The van der Waals surface area contributed by atoms with Crippen LogP contribution in [0.15, 0.2) is 60.8 Å². The quantitative estimate of drug-likeness (QED) is 0.635. The van der Waals surface area contributed by atoms with Gasteiger partial charge in [-0.25, -0.2) is 4.39 Å². The van der Waals surface area contributed by atoms with E-state index in [4.69, 9.17) is 5.73 Å². The Balaban J connectivity index is 1.89. The van der Waals surface area contributed by atoms with Crippen LogP contribution in [-0.2, 0) is 4.79 Å². The van der Waals surface area contributed by atoms with Crippen LogP contribution in [-0.4, -0.2) is 22.0 Å². The van der Waals surface area contributed by atoms with E-state index in [2.05, 4.69) is 15.5 Å². The second kappa shape index (κ2) is 7.60. The smallest absolute Gasteiger partial charge is 0.255 e. The van der Waals surface area contributed by atoms with Crippen molar-refractivity contribution in [3.63, 3.8) is 0 Å². The Kier molecular flexibility index (Phi) is 5.07. The number of benzene rings is 2. The van der Waals surface area contributed by atoms with Crippen LogP contribution < -0.4 is 11.1 Å². The van der Waals surface area contributed by atoms with Crippen LogP contribution in [0.25, 0.3) is 11.3 Å². The molecule has 1 aromatic heterocycles. The second-order valence-corrected chi connectivity index (χ2v) is 5.75. The monoisotopic (exact) mass is 352 g/mol. The number of nitrogens with zero attached hydrogens (tertiary/aromatic N) is 1. The topological polar surface area (TPSA) is 101 Å². The molecule has 1 heterocycles. The van der Waals surface area contributed by atoms with E-state index in [0.29, 0.717) is 0 Å². The molecule has 0 aliphatic heterocycles. The summed E-state index contributed by atoms with van der Waals surface area (Å²) in [6, 6.07) is 14.5. The Morgan fingerprint density at radius 2 is 1.81 bits per heavy atom. The Bertz CT molecular complexity index is 924. The van der Waals surface area contributed by atoms with Gasteiger partial charge in [-0.05, 0) is 17.7 Å². The number of carbonyl (C=O) groups is 2. The summed E-state index contributed by atoms with van der Waals surface area (Å²) in [5.74, 6) is -1.49. The van der Waals surface area contributed by atoms with Gasteiger partial charge in [-0.1, -0.05) is 42.5 Å². The van der Waals surface area contributed by atoms with Crippen LogP contribution in [0.5, 0.6) is 0 Å². The zero-order valence-corrected chi connectivity index (χ0v) is 13.8. The van der Waals surface area contributed by atoms with Gasteiger partial charge in [0, 0.05) is 5.56 Å². The molecule has 0 aliphatic rings. The van der Waals surface area contributed by atoms with Crippen molar-refractivity contribution < 1.29 is 14.0 Å². The van der Waals surface area contributed by atoms with Crippen molar-refractivity contribution in [2.75, 3.05) is 0 Å². The van der Waals surface area contributed by atoms with Crippen LogP contribution in [0.2, 0.25) is 0 Å². The fourth-order valence-corrected chi connectivity index (χ4v) is 2.70. The van der Waals surface area contributed by atoms with E-state index in [1.54, 1.807) is 42.5 Å². The molecule has 2 aromatic carbocycles. The largest absolute Gasteiger partial charge is 0.370 e. The molecule has 4 N–H and O–H groups in total. The van der Waals surface area contributed by atoms with Gasteiger partial charge < -0.3 is 11.1 Å². The predicted octanol–water partition coefficient (Wildman–Crippen LogP) is 2.56. The lowest BCUT2D eigenvalue weighted by Crippen LogP contribution is -2.31. The molecule has 26 heavy (non-hydrogen) atoms. The summed E-state index contributed by atoms with van der Waals surface area (Å²) in [5, 5.41) is 9.29. The summed E-state index contributed by atoms with van der Waals surface area (Å²) in [7, 11) is 0. The average Bonchev–Trinajstić information content (AvgIpc) is 3.11. The van der Waals surface area contributed by atoms with Gasteiger partial charge in [0.25, 0.3) is 5.91 Å². The molecule has 0 saturated carbocycles. The number of H-pyrrole nitrogens is 1. The van der Waals surface area contributed by atoms with Gasteiger partial charge in [0.1, 0.15) is 5.82 Å². The number of nitrogens with two attached hydrogens (primary N) is 1. The Morgan fingerprint density at radius 1 is 1.12 bits per heavy atom. The number of nitrogens with one attached hydrogen (secondary N) is 2. The molecule has 2 amide bonds. The maximum absolute atomic E-state index is 14.1. The molecular weight excluding hydrogens is 335 g/mol. The molecule has 0 radical (unpaired) electrons. The predicted molar refractivity (Wildman–Crippen MR) is 94.4 cm³/mol. The van der Waals surface area contributed by atoms with Crippen molar-refractivity contribution >= 4 is 11.8 Å². The molecule has 0 spiro atoms. The first-order chi connectivity index (χ1) is 12.6. The molecule has 0 unspecified atom stereocenters. The number of aromatic nitrogens is 2. The lowest BCUT2D eigenvalue weighted by molar-refractivity contribution is -0.118. The molecular formula is C19H17FN4O2. The molecule has 0 aliphatic carbocycles. The standard InChI is InChI=1S/C19H17FN4O2/c20-15-9-5-4-8-13(15)18-14(11-22-24-18)19(26)23-16(10-17(21)25)12-6-2-1-3-7-12/h1-9,11,16H,10H2,(H2,21,25)(H,22,24)(H,23,26)/t16-/m0/s1. The van der Waals surface area contributed by atoms with Gasteiger partial charge in [0.2, 0.25) is 5.91 Å². The van der Waals surface area contributed by atoms with Crippen LogP contribution >= 0.6 is 0 Å². The number of amides is 2. The lowest BCUT2D eigenvalue weighted by atomic mass is 10.0. The van der Waals surface area contributed by atoms with Crippen LogP contribution in [0.4, 0.5) is 4.39 Å². The minimum absolute atomic E-state index is 0.0529. The maximum Gasteiger partial charge on any atom is 0.255 e. The van der Waals surface area contributed by atoms with E-state index in [1.807, 2.05) is 6.07 Å². The Morgan fingerprint density at radius 3 is 2.50 bits per heavy atom. The molecule has 3 aromatic rings. The summed E-state index contributed by atoms with van der Waals surface area (Å²) in [6.07, 6.45) is 1.27. The van der Waals surface area contributed by atoms with Gasteiger partial charge in [-0.15, -0.1) is 0 Å². The molecule has 0 fully saturated rings. The molecule has 132 valence electrons. The number of primary amides is 1. The van der Waals surface area contributed by atoms with Gasteiger partial charge in [0.05, 0.1) is 29.9 Å². The summed E-state index contributed by atoms with van der Waals surface area (Å²) >= 11 is 0. The molecule has 7 heteroatoms. The van der Waals surface area contributed by atoms with E-state index in [1.165, 1.54) is 12.3 Å². The summed E-state index contributed by atoms with van der Waals surface area (Å²) in [6.45, 7) is 0. The van der Waals surface area contributed by atoms with Gasteiger partial charge >= 0.3 is 0 Å². The van der Waals surface area contributed by atoms with Crippen LogP contribution in [0, 0.1) is 5.82 Å². The Labute approximate surface area is 149 Å². The number of rotatable bonds is 6. The summed E-state index contributed by atoms with van der Waals surface area (Å²) in [5.41, 5.74) is 6.74. The van der Waals surface area contributed by atoms with E-state index in [-0.39, 0.29) is 23.2 Å². The second-order valence-electron chi connectivity index (χ2n) is 5.75. The van der Waals surface area contributed by atoms with Crippen molar-refractivity contribution in [3.05, 3.63) is 77.7 Å². The molecule has 6 nitrogen and oxygen atoms in total. The lowest BCUT2D eigenvalue weighted by Gasteiger charge is -2.18. The molecule has 1 atom stereocenters. The van der Waals surface area contributed by atoms with E-state index >= 15 is 0 Å². The maximum atomic E-state index is 14.1. The van der Waals surface area contributed by atoms with E-state index < -0.39 is 23.7 Å². The molecule has 0 bridgehead atoms. The third-order valence-electron chi connectivity index (χ3n) is 3.94. The van der Waals surface area contributed by atoms with Gasteiger partial charge in [-0.3, -0.25) is 14.7 Å². The SMILES string of the molecule is NC(=O)C[C@H](NC(=O)c1cn[nH]c1-c1ccccc1F)c1ccccc1. The number of carbonyl (C=O) groups excluding carboxylic acids is 2. The minimum atomic E-state index is -0.593. The molecule has 3 rings (SSSR count). The number of hydrogen-bond acceptors (Lipinski definition) is 3. The van der Waals surface area contributed by atoms with Crippen molar-refractivity contribution in [2.24, 2.45) is 5.73 Å².